The minimum atomic E-state index is 0.315. The predicted molar refractivity (Wildman–Crippen MR) is 78.6 cm³/mol. The highest BCUT2D eigenvalue weighted by atomic mass is 79.9. The molecule has 0 bridgehead atoms. The molecule has 1 aromatic heterocycles. The van der Waals surface area contributed by atoms with Crippen molar-refractivity contribution in [1.29, 1.82) is 0 Å². The molecule has 0 N–H and O–H groups in total. The molecular formula is C13H21BrN2S. The van der Waals surface area contributed by atoms with Crippen LogP contribution in [0.15, 0.2) is 15.9 Å². The van der Waals surface area contributed by atoms with Crippen LogP contribution in [0.1, 0.15) is 25.6 Å². The van der Waals surface area contributed by atoms with Gasteiger partial charge in [0.2, 0.25) is 0 Å². The zero-order valence-electron chi connectivity index (χ0n) is 10.9. The van der Waals surface area contributed by atoms with Gasteiger partial charge in [-0.25, -0.2) is 0 Å². The summed E-state index contributed by atoms with van der Waals surface area (Å²) in [6.07, 6.45) is 0. The molecule has 0 aromatic carbocycles. The first-order valence-electron chi connectivity index (χ1n) is 6.16. The Morgan fingerprint density at radius 3 is 2.35 bits per heavy atom. The first-order valence-corrected chi connectivity index (χ1v) is 7.83. The Morgan fingerprint density at radius 1 is 1.24 bits per heavy atom. The van der Waals surface area contributed by atoms with Crippen LogP contribution >= 0.6 is 27.3 Å². The Hall–Kier alpha value is 0.100. The van der Waals surface area contributed by atoms with Gasteiger partial charge >= 0.3 is 0 Å². The van der Waals surface area contributed by atoms with Gasteiger partial charge in [0.05, 0.1) is 0 Å². The fraction of sp³-hybridized carbons (Fsp3) is 0.692. The molecule has 2 heterocycles. The van der Waals surface area contributed by atoms with Crippen LogP contribution in [0.5, 0.6) is 0 Å². The zero-order valence-corrected chi connectivity index (χ0v) is 13.3. The standard InChI is InChI=1S/C13H21BrN2S/c1-13(2,3)16-7-5-15(6-8-16)10-12-11(14)4-9-17-12/h4,9H,5-8,10H2,1-3H3. The van der Waals surface area contributed by atoms with Crippen LogP contribution in [0, 0.1) is 0 Å². The van der Waals surface area contributed by atoms with Crippen molar-refractivity contribution in [2.45, 2.75) is 32.9 Å². The Bertz CT molecular complexity index is 362. The Kier molecular flexibility index (Phi) is 4.29. The van der Waals surface area contributed by atoms with Gasteiger partial charge in [0.1, 0.15) is 0 Å². The highest BCUT2D eigenvalue weighted by molar-refractivity contribution is 9.10. The quantitative estimate of drug-likeness (QED) is 0.824. The van der Waals surface area contributed by atoms with E-state index in [9.17, 15) is 0 Å². The van der Waals surface area contributed by atoms with Gasteiger partial charge in [-0.2, -0.15) is 0 Å². The van der Waals surface area contributed by atoms with Crippen LogP contribution in [0.3, 0.4) is 0 Å². The van der Waals surface area contributed by atoms with Crippen LogP contribution < -0.4 is 0 Å². The molecule has 0 aliphatic carbocycles. The molecule has 1 aliphatic heterocycles. The third-order valence-electron chi connectivity index (χ3n) is 3.38. The van der Waals surface area contributed by atoms with Crippen LogP contribution in [0.25, 0.3) is 0 Å². The maximum absolute atomic E-state index is 3.61. The summed E-state index contributed by atoms with van der Waals surface area (Å²) in [4.78, 5) is 6.58. The molecule has 2 rings (SSSR count). The number of hydrogen-bond acceptors (Lipinski definition) is 3. The molecule has 0 saturated carbocycles. The molecule has 96 valence electrons. The number of halogens is 1. The van der Waals surface area contributed by atoms with Crippen molar-refractivity contribution in [1.82, 2.24) is 9.80 Å². The molecule has 1 aliphatic rings. The lowest BCUT2D eigenvalue weighted by molar-refractivity contribution is 0.0594. The first-order chi connectivity index (χ1) is 7.97. The first kappa shape index (κ1) is 13.5. The maximum Gasteiger partial charge on any atom is 0.0340 e. The summed E-state index contributed by atoms with van der Waals surface area (Å²) in [7, 11) is 0. The fourth-order valence-corrected chi connectivity index (χ4v) is 3.74. The van der Waals surface area contributed by atoms with E-state index in [1.807, 2.05) is 11.3 Å². The predicted octanol–water partition coefficient (Wildman–Crippen LogP) is 3.43. The normalized spacial score (nSPS) is 19.8. The zero-order chi connectivity index (χ0) is 12.5. The van der Waals surface area contributed by atoms with Gasteiger partial charge in [-0.05, 0) is 48.1 Å². The Morgan fingerprint density at radius 2 is 1.88 bits per heavy atom. The molecule has 17 heavy (non-hydrogen) atoms. The Balaban J connectivity index is 1.86. The molecule has 0 amide bonds. The third-order valence-corrected chi connectivity index (χ3v) is 5.29. The number of piperazine rings is 1. The lowest BCUT2D eigenvalue weighted by Gasteiger charge is -2.42. The summed E-state index contributed by atoms with van der Waals surface area (Å²) in [5.41, 5.74) is 0.315. The second-order valence-electron chi connectivity index (χ2n) is 5.63. The number of rotatable bonds is 2. The van der Waals surface area contributed by atoms with E-state index in [2.05, 4.69) is 57.9 Å². The monoisotopic (exact) mass is 316 g/mol. The lowest BCUT2D eigenvalue weighted by atomic mass is 10.1. The van der Waals surface area contributed by atoms with Gasteiger partial charge in [0, 0.05) is 47.6 Å². The third kappa shape index (κ3) is 3.53. The van der Waals surface area contributed by atoms with E-state index >= 15 is 0 Å². The van der Waals surface area contributed by atoms with Crippen molar-refractivity contribution in [2.75, 3.05) is 26.2 Å². The van der Waals surface area contributed by atoms with Crippen molar-refractivity contribution < 1.29 is 0 Å². The molecule has 1 fully saturated rings. The summed E-state index contributed by atoms with van der Waals surface area (Å²) in [5, 5.41) is 2.16. The SMILES string of the molecule is CC(C)(C)N1CCN(Cc2sccc2Br)CC1. The average molecular weight is 317 g/mol. The molecule has 0 unspecified atom stereocenters. The minimum absolute atomic E-state index is 0.315. The molecule has 0 spiro atoms. The van der Waals surface area contributed by atoms with Crippen molar-refractivity contribution in [3.8, 4) is 0 Å². The number of thiophene rings is 1. The summed E-state index contributed by atoms with van der Waals surface area (Å²) in [6, 6.07) is 2.14. The summed E-state index contributed by atoms with van der Waals surface area (Å²) in [6.45, 7) is 12.7. The number of nitrogens with zero attached hydrogens (tertiary/aromatic N) is 2. The largest absolute Gasteiger partial charge is 0.296 e. The minimum Gasteiger partial charge on any atom is -0.296 e. The van der Waals surface area contributed by atoms with Gasteiger partial charge < -0.3 is 0 Å². The van der Waals surface area contributed by atoms with Gasteiger partial charge in [-0.1, -0.05) is 0 Å². The Labute approximate surface area is 117 Å². The highest BCUT2D eigenvalue weighted by Gasteiger charge is 2.25. The van der Waals surface area contributed by atoms with Crippen LogP contribution in [-0.2, 0) is 6.54 Å². The van der Waals surface area contributed by atoms with Crippen molar-refractivity contribution in [2.24, 2.45) is 0 Å². The summed E-state index contributed by atoms with van der Waals surface area (Å²) >= 11 is 5.46. The van der Waals surface area contributed by atoms with E-state index < -0.39 is 0 Å². The molecule has 2 nitrogen and oxygen atoms in total. The molecule has 0 radical (unpaired) electrons. The number of hydrogen-bond donors (Lipinski definition) is 0. The fourth-order valence-electron chi connectivity index (χ4n) is 2.22. The van der Waals surface area contributed by atoms with Crippen LogP contribution in [-0.4, -0.2) is 41.5 Å². The van der Waals surface area contributed by atoms with Crippen molar-refractivity contribution >= 4 is 27.3 Å². The maximum atomic E-state index is 3.61. The molecule has 4 heteroatoms. The second-order valence-corrected chi connectivity index (χ2v) is 7.48. The van der Waals surface area contributed by atoms with E-state index in [0.29, 0.717) is 5.54 Å². The van der Waals surface area contributed by atoms with Crippen molar-refractivity contribution in [3.63, 3.8) is 0 Å². The van der Waals surface area contributed by atoms with E-state index in [4.69, 9.17) is 0 Å². The van der Waals surface area contributed by atoms with Gasteiger partial charge in [-0.3, -0.25) is 9.80 Å². The smallest absolute Gasteiger partial charge is 0.0340 e. The van der Waals surface area contributed by atoms with Gasteiger partial charge in [0.25, 0.3) is 0 Å². The highest BCUT2D eigenvalue weighted by Crippen LogP contribution is 2.25. The van der Waals surface area contributed by atoms with E-state index in [1.54, 1.807) is 0 Å². The molecular weight excluding hydrogens is 296 g/mol. The van der Waals surface area contributed by atoms with Gasteiger partial charge in [-0.15, -0.1) is 11.3 Å². The summed E-state index contributed by atoms with van der Waals surface area (Å²) in [5.74, 6) is 0. The molecule has 0 atom stereocenters. The molecule has 1 aromatic rings. The van der Waals surface area contributed by atoms with Crippen molar-refractivity contribution in [3.05, 3.63) is 20.8 Å². The summed E-state index contributed by atoms with van der Waals surface area (Å²) < 4.78 is 1.26. The van der Waals surface area contributed by atoms with Crippen LogP contribution in [0.2, 0.25) is 0 Å². The van der Waals surface area contributed by atoms with Gasteiger partial charge in [0.15, 0.2) is 0 Å². The lowest BCUT2D eigenvalue weighted by Crippen LogP contribution is -2.53. The van der Waals surface area contributed by atoms with Crippen LogP contribution in [0.4, 0.5) is 0 Å². The second kappa shape index (κ2) is 5.39. The van der Waals surface area contributed by atoms with E-state index in [0.717, 1.165) is 6.54 Å². The average Bonchev–Trinajstić information content (AvgIpc) is 2.64. The molecule has 1 saturated heterocycles. The topological polar surface area (TPSA) is 6.48 Å². The van der Waals surface area contributed by atoms with E-state index in [1.165, 1.54) is 35.5 Å². The van der Waals surface area contributed by atoms with E-state index in [-0.39, 0.29) is 0 Å².